The number of nitrogens with zero attached hydrogens (tertiary/aromatic N) is 1. The van der Waals surface area contributed by atoms with Gasteiger partial charge in [-0.2, -0.15) is 0 Å². The first-order valence-corrected chi connectivity index (χ1v) is 11.2. The molecule has 5 nitrogen and oxygen atoms in total. The summed E-state index contributed by atoms with van der Waals surface area (Å²) in [6, 6.07) is 22.1. The standard InChI is InChI=1S/C27H31N3O2/c1-17-8-9-20(12-18(17)2)26-24-16-30(15-19-6-5-7-21(13-19)31-3)25-11-10-22(32-4)14-23(25)27(24)29-28-26/h5-14,24,26-29H,15-16H2,1-4H3. The Hall–Kier alpha value is -3.02. The van der Waals surface area contributed by atoms with Crippen molar-refractivity contribution in [2.75, 3.05) is 25.7 Å². The zero-order valence-corrected chi connectivity index (χ0v) is 19.2. The molecule has 0 aliphatic carbocycles. The van der Waals surface area contributed by atoms with E-state index < -0.39 is 0 Å². The van der Waals surface area contributed by atoms with Crippen LogP contribution in [0, 0.1) is 19.8 Å². The van der Waals surface area contributed by atoms with Gasteiger partial charge in [0.25, 0.3) is 0 Å². The van der Waals surface area contributed by atoms with E-state index in [1.54, 1.807) is 14.2 Å². The average molecular weight is 430 g/mol. The Morgan fingerprint density at radius 3 is 2.41 bits per heavy atom. The first kappa shape index (κ1) is 20.9. The van der Waals surface area contributed by atoms with Gasteiger partial charge < -0.3 is 14.4 Å². The third-order valence-electron chi connectivity index (χ3n) is 6.99. The number of fused-ring (bicyclic) bond motifs is 3. The third kappa shape index (κ3) is 3.72. The van der Waals surface area contributed by atoms with Crippen LogP contribution in [0.2, 0.25) is 0 Å². The number of aryl methyl sites for hydroxylation is 2. The number of hydrogen-bond donors (Lipinski definition) is 2. The molecule has 2 N–H and O–H groups in total. The Kier molecular flexibility index (Phi) is 5.53. The van der Waals surface area contributed by atoms with Crippen LogP contribution in [0.1, 0.15) is 39.9 Å². The van der Waals surface area contributed by atoms with Gasteiger partial charge >= 0.3 is 0 Å². The van der Waals surface area contributed by atoms with Gasteiger partial charge in [0.05, 0.1) is 26.3 Å². The maximum atomic E-state index is 5.57. The second-order valence-electron chi connectivity index (χ2n) is 8.91. The van der Waals surface area contributed by atoms with Crippen LogP contribution in [0.3, 0.4) is 0 Å². The lowest BCUT2D eigenvalue weighted by atomic mass is 9.81. The smallest absolute Gasteiger partial charge is 0.119 e. The molecule has 2 heterocycles. The highest BCUT2D eigenvalue weighted by Gasteiger charge is 2.43. The van der Waals surface area contributed by atoms with E-state index in [1.165, 1.54) is 33.5 Å². The Morgan fingerprint density at radius 1 is 0.844 bits per heavy atom. The summed E-state index contributed by atoms with van der Waals surface area (Å²) in [4.78, 5) is 2.49. The summed E-state index contributed by atoms with van der Waals surface area (Å²) in [6.45, 7) is 6.15. The van der Waals surface area contributed by atoms with Crippen LogP contribution >= 0.6 is 0 Å². The van der Waals surface area contributed by atoms with E-state index in [4.69, 9.17) is 9.47 Å². The molecule has 3 unspecified atom stereocenters. The summed E-state index contributed by atoms with van der Waals surface area (Å²) in [5, 5.41) is 0. The number of methoxy groups -OCH3 is 2. The number of hydrogen-bond acceptors (Lipinski definition) is 5. The first-order chi connectivity index (χ1) is 15.6. The normalized spacial score (nSPS) is 21.8. The molecule has 0 bridgehead atoms. The molecule has 2 aliphatic heterocycles. The molecule has 0 spiro atoms. The lowest BCUT2D eigenvalue weighted by Gasteiger charge is -2.39. The van der Waals surface area contributed by atoms with Crippen LogP contribution in [0.5, 0.6) is 11.5 Å². The minimum atomic E-state index is 0.230. The molecule has 32 heavy (non-hydrogen) atoms. The van der Waals surface area contributed by atoms with Crippen molar-refractivity contribution in [2.24, 2.45) is 5.92 Å². The SMILES string of the molecule is COc1cccc(CN2CC3C(c4ccc(C)c(C)c4)NNC3c3cc(OC)ccc32)c1. The molecule has 1 saturated heterocycles. The predicted octanol–water partition coefficient (Wildman–Crippen LogP) is 4.85. The van der Waals surface area contributed by atoms with E-state index in [-0.39, 0.29) is 12.1 Å². The molecule has 5 heteroatoms. The number of anilines is 1. The molecule has 1 fully saturated rings. The summed E-state index contributed by atoms with van der Waals surface area (Å²) < 4.78 is 11.0. The number of ether oxygens (including phenoxy) is 2. The lowest BCUT2D eigenvalue weighted by molar-refractivity contribution is 0.392. The summed E-state index contributed by atoms with van der Waals surface area (Å²) in [5.41, 5.74) is 15.0. The predicted molar refractivity (Wildman–Crippen MR) is 128 cm³/mol. The lowest BCUT2D eigenvalue weighted by Crippen LogP contribution is -2.39. The molecule has 0 radical (unpaired) electrons. The highest BCUT2D eigenvalue weighted by Crippen LogP contribution is 2.46. The largest absolute Gasteiger partial charge is 0.497 e. The second-order valence-corrected chi connectivity index (χ2v) is 8.91. The van der Waals surface area contributed by atoms with Gasteiger partial charge in [0.2, 0.25) is 0 Å². The van der Waals surface area contributed by atoms with E-state index in [0.29, 0.717) is 5.92 Å². The number of nitrogens with one attached hydrogen (secondary N) is 2. The molecule has 0 saturated carbocycles. The second kappa shape index (κ2) is 8.49. The molecule has 3 atom stereocenters. The van der Waals surface area contributed by atoms with Crippen molar-refractivity contribution < 1.29 is 9.47 Å². The van der Waals surface area contributed by atoms with Gasteiger partial charge in [-0.05, 0) is 72.0 Å². The van der Waals surface area contributed by atoms with Crippen LogP contribution in [-0.2, 0) is 6.54 Å². The Balaban J connectivity index is 1.52. The van der Waals surface area contributed by atoms with Gasteiger partial charge in [-0.25, -0.2) is 10.9 Å². The molecule has 3 aromatic rings. The number of hydrazine groups is 1. The molecular weight excluding hydrogens is 398 g/mol. The van der Waals surface area contributed by atoms with Crippen molar-refractivity contribution in [2.45, 2.75) is 32.5 Å². The highest BCUT2D eigenvalue weighted by molar-refractivity contribution is 5.61. The molecular formula is C27H31N3O2. The van der Waals surface area contributed by atoms with Crippen molar-refractivity contribution in [1.29, 1.82) is 0 Å². The van der Waals surface area contributed by atoms with Crippen molar-refractivity contribution >= 4 is 5.69 Å². The fourth-order valence-corrected chi connectivity index (χ4v) is 5.08. The summed E-state index contributed by atoms with van der Waals surface area (Å²) in [5.74, 6) is 2.18. The number of rotatable bonds is 5. The van der Waals surface area contributed by atoms with Gasteiger partial charge in [-0.15, -0.1) is 0 Å². The van der Waals surface area contributed by atoms with E-state index in [0.717, 1.165) is 24.6 Å². The third-order valence-corrected chi connectivity index (χ3v) is 6.99. The summed E-state index contributed by atoms with van der Waals surface area (Å²) in [6.07, 6.45) is 0. The van der Waals surface area contributed by atoms with Crippen LogP contribution in [-0.4, -0.2) is 20.8 Å². The Morgan fingerprint density at radius 2 is 1.62 bits per heavy atom. The Bertz CT molecular complexity index is 1130. The zero-order chi connectivity index (χ0) is 22.2. The van der Waals surface area contributed by atoms with Gasteiger partial charge in [-0.3, -0.25) is 0 Å². The fourth-order valence-electron chi connectivity index (χ4n) is 5.08. The van der Waals surface area contributed by atoms with Crippen molar-refractivity contribution in [3.63, 3.8) is 0 Å². The van der Waals surface area contributed by atoms with Crippen LogP contribution in [0.15, 0.2) is 60.7 Å². The average Bonchev–Trinajstić information content (AvgIpc) is 3.24. The fraction of sp³-hybridized carbons (Fsp3) is 0.333. The van der Waals surface area contributed by atoms with Gasteiger partial charge in [0.1, 0.15) is 11.5 Å². The van der Waals surface area contributed by atoms with Gasteiger partial charge in [-0.1, -0.05) is 30.3 Å². The summed E-state index contributed by atoms with van der Waals surface area (Å²) >= 11 is 0. The number of benzene rings is 3. The molecule has 2 aliphatic rings. The van der Waals surface area contributed by atoms with E-state index >= 15 is 0 Å². The summed E-state index contributed by atoms with van der Waals surface area (Å²) in [7, 11) is 3.45. The molecule has 5 rings (SSSR count). The van der Waals surface area contributed by atoms with E-state index in [2.05, 4.69) is 84.2 Å². The highest BCUT2D eigenvalue weighted by atomic mass is 16.5. The molecule has 0 aromatic heterocycles. The topological polar surface area (TPSA) is 45.8 Å². The maximum absolute atomic E-state index is 5.57. The maximum Gasteiger partial charge on any atom is 0.119 e. The van der Waals surface area contributed by atoms with Gasteiger partial charge in [0.15, 0.2) is 0 Å². The minimum Gasteiger partial charge on any atom is -0.497 e. The van der Waals surface area contributed by atoms with Crippen molar-refractivity contribution in [3.05, 3.63) is 88.5 Å². The molecule has 3 aromatic carbocycles. The van der Waals surface area contributed by atoms with E-state index in [9.17, 15) is 0 Å². The van der Waals surface area contributed by atoms with Crippen molar-refractivity contribution in [3.8, 4) is 11.5 Å². The quantitative estimate of drug-likeness (QED) is 0.607. The Labute approximate surface area is 190 Å². The molecule has 166 valence electrons. The zero-order valence-electron chi connectivity index (χ0n) is 19.2. The van der Waals surface area contributed by atoms with Crippen molar-refractivity contribution in [1.82, 2.24) is 10.9 Å². The van der Waals surface area contributed by atoms with Gasteiger partial charge in [0, 0.05) is 24.7 Å². The monoisotopic (exact) mass is 429 g/mol. The molecule has 0 amide bonds. The van der Waals surface area contributed by atoms with Crippen LogP contribution in [0.25, 0.3) is 0 Å². The van der Waals surface area contributed by atoms with Crippen LogP contribution in [0.4, 0.5) is 5.69 Å². The van der Waals surface area contributed by atoms with E-state index in [1.807, 2.05) is 6.07 Å². The minimum absolute atomic E-state index is 0.230. The first-order valence-electron chi connectivity index (χ1n) is 11.2. The van der Waals surface area contributed by atoms with Crippen LogP contribution < -0.4 is 25.2 Å².